The Bertz CT molecular complexity index is 473. The Morgan fingerprint density at radius 1 is 1.42 bits per heavy atom. The molecule has 104 valence electrons. The molecule has 0 amide bonds. The van der Waals surface area contributed by atoms with Crippen LogP contribution < -0.4 is 4.74 Å². The summed E-state index contributed by atoms with van der Waals surface area (Å²) in [4.78, 5) is 10.6. The van der Waals surface area contributed by atoms with Gasteiger partial charge in [-0.05, 0) is 36.1 Å². The molecule has 3 nitrogen and oxygen atoms in total. The summed E-state index contributed by atoms with van der Waals surface area (Å²) < 4.78 is 6.62. The van der Waals surface area contributed by atoms with E-state index in [1.54, 1.807) is 6.08 Å². The van der Waals surface area contributed by atoms with Crippen molar-refractivity contribution >= 4 is 28.0 Å². The molecule has 0 saturated heterocycles. The number of benzene rings is 1. The molecule has 0 bridgehead atoms. The molecule has 1 N–H and O–H groups in total. The van der Waals surface area contributed by atoms with Crippen LogP contribution in [0.5, 0.6) is 5.75 Å². The van der Waals surface area contributed by atoms with E-state index in [9.17, 15) is 4.79 Å². The van der Waals surface area contributed by atoms with Crippen LogP contribution in [0.25, 0.3) is 6.08 Å². The number of rotatable bonds is 5. The van der Waals surface area contributed by atoms with Gasteiger partial charge in [0.15, 0.2) is 0 Å². The fourth-order valence-electron chi connectivity index (χ4n) is 1.41. The second kappa shape index (κ2) is 6.75. The van der Waals surface area contributed by atoms with Crippen molar-refractivity contribution in [3.63, 3.8) is 0 Å². The summed E-state index contributed by atoms with van der Waals surface area (Å²) in [6.07, 6.45) is 3.59. The molecular weight excluding hydrogens is 308 g/mol. The highest BCUT2D eigenvalue weighted by molar-refractivity contribution is 9.10. The van der Waals surface area contributed by atoms with Gasteiger partial charge >= 0.3 is 5.97 Å². The smallest absolute Gasteiger partial charge is 0.328 e. The highest BCUT2D eigenvalue weighted by atomic mass is 79.9. The predicted molar refractivity (Wildman–Crippen MR) is 80.4 cm³/mol. The number of carboxylic acid groups (broad SMARTS) is 1. The zero-order valence-electron chi connectivity index (χ0n) is 11.4. The second-order valence-electron chi connectivity index (χ2n) is 5.51. The number of ether oxygens (including phenoxy) is 1. The van der Waals surface area contributed by atoms with E-state index in [0.29, 0.717) is 12.4 Å². The molecule has 0 aliphatic carbocycles. The van der Waals surface area contributed by atoms with Crippen LogP contribution in [-0.2, 0) is 4.79 Å². The third-order valence-electron chi connectivity index (χ3n) is 2.49. The van der Waals surface area contributed by atoms with Crippen molar-refractivity contribution in [2.24, 2.45) is 5.41 Å². The lowest BCUT2D eigenvalue weighted by atomic mass is 9.93. The van der Waals surface area contributed by atoms with Gasteiger partial charge in [-0.2, -0.15) is 0 Å². The monoisotopic (exact) mass is 326 g/mol. The van der Waals surface area contributed by atoms with Crippen molar-refractivity contribution in [3.8, 4) is 5.75 Å². The molecule has 0 unspecified atom stereocenters. The molecule has 1 aromatic carbocycles. The summed E-state index contributed by atoms with van der Waals surface area (Å²) in [7, 11) is 0. The normalized spacial score (nSPS) is 11.8. The van der Waals surface area contributed by atoms with Crippen molar-refractivity contribution in [2.75, 3.05) is 6.61 Å². The van der Waals surface area contributed by atoms with E-state index in [-0.39, 0.29) is 5.41 Å². The molecule has 0 aliphatic rings. The van der Waals surface area contributed by atoms with Crippen LogP contribution in [0.2, 0.25) is 0 Å². The van der Waals surface area contributed by atoms with E-state index in [0.717, 1.165) is 22.5 Å². The van der Waals surface area contributed by atoms with E-state index in [1.165, 1.54) is 0 Å². The summed E-state index contributed by atoms with van der Waals surface area (Å²) in [5.74, 6) is -0.273. The van der Waals surface area contributed by atoms with E-state index in [2.05, 4.69) is 36.7 Å². The van der Waals surface area contributed by atoms with Gasteiger partial charge in [-0.15, -0.1) is 0 Å². The lowest BCUT2D eigenvalue weighted by Crippen LogP contribution is -2.11. The largest absolute Gasteiger partial charge is 0.493 e. The Balaban J connectivity index is 2.79. The van der Waals surface area contributed by atoms with Gasteiger partial charge in [0.1, 0.15) is 5.75 Å². The maximum absolute atomic E-state index is 10.6. The van der Waals surface area contributed by atoms with Gasteiger partial charge in [-0.25, -0.2) is 4.79 Å². The minimum Gasteiger partial charge on any atom is -0.493 e. The quantitative estimate of drug-likeness (QED) is 0.817. The average molecular weight is 327 g/mol. The molecule has 0 aromatic heterocycles. The summed E-state index contributed by atoms with van der Waals surface area (Å²) in [5.41, 5.74) is 0.970. The first-order chi connectivity index (χ1) is 8.78. The van der Waals surface area contributed by atoms with Crippen LogP contribution in [0, 0.1) is 5.41 Å². The molecule has 0 heterocycles. The predicted octanol–water partition coefficient (Wildman–Crippen LogP) is 4.36. The summed E-state index contributed by atoms with van der Waals surface area (Å²) in [5, 5.41) is 8.68. The molecule has 0 radical (unpaired) electrons. The average Bonchev–Trinajstić information content (AvgIpc) is 2.27. The minimum atomic E-state index is -0.972. The minimum absolute atomic E-state index is 0.215. The van der Waals surface area contributed by atoms with Gasteiger partial charge < -0.3 is 9.84 Å². The van der Waals surface area contributed by atoms with Gasteiger partial charge in [0, 0.05) is 16.1 Å². The Morgan fingerprint density at radius 3 is 2.68 bits per heavy atom. The van der Waals surface area contributed by atoms with E-state index in [1.807, 2.05) is 18.2 Å². The Labute approximate surface area is 122 Å². The zero-order chi connectivity index (χ0) is 14.5. The molecular formula is C15H19BrO3. The second-order valence-corrected chi connectivity index (χ2v) is 6.43. The van der Waals surface area contributed by atoms with Crippen molar-refractivity contribution < 1.29 is 14.6 Å². The fourth-order valence-corrected chi connectivity index (χ4v) is 1.79. The molecule has 0 fully saturated rings. The van der Waals surface area contributed by atoms with Crippen LogP contribution in [-0.4, -0.2) is 17.7 Å². The molecule has 0 saturated carbocycles. The lowest BCUT2D eigenvalue weighted by Gasteiger charge is -2.18. The number of carboxylic acids is 1. The van der Waals surface area contributed by atoms with Crippen molar-refractivity contribution in [2.45, 2.75) is 27.2 Å². The Morgan fingerprint density at radius 2 is 2.11 bits per heavy atom. The van der Waals surface area contributed by atoms with Crippen LogP contribution in [0.4, 0.5) is 0 Å². The fraction of sp³-hybridized carbons (Fsp3) is 0.400. The third-order valence-corrected chi connectivity index (χ3v) is 2.98. The van der Waals surface area contributed by atoms with Crippen LogP contribution in [0.15, 0.2) is 28.7 Å². The maximum atomic E-state index is 10.6. The van der Waals surface area contributed by atoms with E-state index < -0.39 is 5.97 Å². The first-order valence-corrected chi connectivity index (χ1v) is 6.90. The topological polar surface area (TPSA) is 46.5 Å². The molecule has 0 spiro atoms. The number of halogens is 1. The SMILES string of the molecule is CC(C)(C)CCOc1ccc(Br)cc1/C=C/C(=O)O. The number of carbonyl (C=O) groups is 1. The molecule has 1 rings (SSSR count). The standard InChI is InChI=1S/C15H19BrO3/c1-15(2,3)8-9-19-13-6-5-12(16)10-11(13)4-7-14(17)18/h4-7,10H,8-9H2,1-3H3,(H,17,18)/b7-4+. The summed E-state index contributed by atoms with van der Waals surface area (Å²) in [6, 6.07) is 5.56. The van der Waals surface area contributed by atoms with Gasteiger partial charge in [-0.1, -0.05) is 36.7 Å². The van der Waals surface area contributed by atoms with Gasteiger partial charge in [0.05, 0.1) is 6.61 Å². The number of hydrogen-bond donors (Lipinski definition) is 1. The van der Waals surface area contributed by atoms with Crippen molar-refractivity contribution in [1.82, 2.24) is 0 Å². The van der Waals surface area contributed by atoms with Gasteiger partial charge in [0.25, 0.3) is 0 Å². The van der Waals surface area contributed by atoms with Crippen molar-refractivity contribution in [1.29, 1.82) is 0 Å². The first-order valence-electron chi connectivity index (χ1n) is 6.11. The molecule has 0 atom stereocenters. The number of aliphatic carboxylic acids is 1. The lowest BCUT2D eigenvalue weighted by molar-refractivity contribution is -0.131. The third kappa shape index (κ3) is 6.43. The highest BCUT2D eigenvalue weighted by Gasteiger charge is 2.10. The van der Waals surface area contributed by atoms with Crippen molar-refractivity contribution in [3.05, 3.63) is 34.3 Å². The van der Waals surface area contributed by atoms with Crippen LogP contribution in [0.3, 0.4) is 0 Å². The maximum Gasteiger partial charge on any atom is 0.328 e. The summed E-state index contributed by atoms with van der Waals surface area (Å²) >= 11 is 3.37. The van der Waals surface area contributed by atoms with Crippen LogP contribution in [0.1, 0.15) is 32.8 Å². The van der Waals surface area contributed by atoms with E-state index >= 15 is 0 Å². The zero-order valence-corrected chi connectivity index (χ0v) is 13.0. The molecule has 0 aliphatic heterocycles. The molecule has 1 aromatic rings. The Hall–Kier alpha value is -1.29. The Kier molecular flexibility index (Phi) is 5.60. The number of hydrogen-bond acceptors (Lipinski definition) is 2. The van der Waals surface area contributed by atoms with Gasteiger partial charge in [0.2, 0.25) is 0 Å². The summed E-state index contributed by atoms with van der Waals surface area (Å²) in [6.45, 7) is 7.08. The first kappa shape index (κ1) is 15.8. The molecule has 19 heavy (non-hydrogen) atoms. The molecule has 4 heteroatoms. The van der Waals surface area contributed by atoms with Gasteiger partial charge in [-0.3, -0.25) is 0 Å². The van der Waals surface area contributed by atoms with E-state index in [4.69, 9.17) is 9.84 Å². The van der Waals surface area contributed by atoms with Crippen LogP contribution >= 0.6 is 15.9 Å². The highest BCUT2D eigenvalue weighted by Crippen LogP contribution is 2.26.